The Morgan fingerprint density at radius 3 is 2.31 bits per heavy atom. The Hall–Kier alpha value is -1.76. The lowest BCUT2D eigenvalue weighted by atomic mass is 10.1. The average Bonchev–Trinajstić information content (AvgIpc) is 3.38. The lowest BCUT2D eigenvalue weighted by Crippen LogP contribution is -2.35. The predicted octanol–water partition coefficient (Wildman–Crippen LogP) is 3.02. The average molecular weight is 383 g/mol. The van der Waals surface area contributed by atoms with Gasteiger partial charge in [-0.25, -0.2) is 0 Å². The van der Waals surface area contributed by atoms with Crippen LogP contribution in [0.3, 0.4) is 0 Å². The van der Waals surface area contributed by atoms with Crippen molar-refractivity contribution in [3.63, 3.8) is 0 Å². The van der Waals surface area contributed by atoms with E-state index in [1.165, 1.54) is 0 Å². The molecule has 0 radical (unpaired) electrons. The first-order valence-corrected chi connectivity index (χ1v) is 11.1. The van der Waals surface area contributed by atoms with E-state index < -0.39 is 10.1 Å². The Balaban J connectivity index is 2.37. The molecule has 146 valence electrons. The van der Waals surface area contributed by atoms with Gasteiger partial charge in [-0.2, -0.15) is 8.42 Å². The van der Waals surface area contributed by atoms with Crippen LogP contribution >= 0.6 is 0 Å². The van der Waals surface area contributed by atoms with E-state index in [9.17, 15) is 13.2 Å². The molecule has 0 aromatic heterocycles. The summed E-state index contributed by atoms with van der Waals surface area (Å²) >= 11 is 0. The molecule has 0 unspecified atom stereocenters. The summed E-state index contributed by atoms with van der Waals surface area (Å²) in [5, 5.41) is 0. The van der Waals surface area contributed by atoms with Crippen molar-refractivity contribution < 1.29 is 17.4 Å². The number of nitrogens with zero attached hydrogens (tertiary/aromatic N) is 2. The minimum atomic E-state index is -3.65. The lowest BCUT2D eigenvalue weighted by Gasteiger charge is -2.27. The number of anilines is 1. The molecule has 1 aliphatic carbocycles. The van der Waals surface area contributed by atoms with Gasteiger partial charge < -0.3 is 14.0 Å². The molecule has 0 aliphatic heterocycles. The van der Waals surface area contributed by atoms with Crippen LogP contribution in [0.15, 0.2) is 18.2 Å². The number of amides is 1. The molecule has 0 bridgehead atoms. The van der Waals surface area contributed by atoms with Gasteiger partial charge in [0.2, 0.25) is 5.91 Å². The van der Waals surface area contributed by atoms with Crippen molar-refractivity contribution in [2.45, 2.75) is 53.1 Å². The first kappa shape index (κ1) is 20.6. The monoisotopic (exact) mass is 382 g/mol. The Labute approximate surface area is 157 Å². The van der Waals surface area contributed by atoms with Crippen molar-refractivity contribution in [2.24, 2.45) is 5.92 Å². The van der Waals surface area contributed by atoms with Crippen molar-refractivity contribution in [1.29, 1.82) is 0 Å². The number of benzene rings is 1. The zero-order valence-electron chi connectivity index (χ0n) is 16.4. The topological polar surface area (TPSA) is 66.9 Å². The largest absolute Gasteiger partial charge is 0.382 e. The molecule has 1 aliphatic rings. The van der Waals surface area contributed by atoms with Crippen LogP contribution in [0.5, 0.6) is 5.75 Å². The van der Waals surface area contributed by atoms with Gasteiger partial charge in [0.15, 0.2) is 0 Å². The van der Waals surface area contributed by atoms with Crippen molar-refractivity contribution in [3.8, 4) is 5.75 Å². The van der Waals surface area contributed by atoms with Gasteiger partial charge in [-0.15, -0.1) is 0 Å². The second-order valence-electron chi connectivity index (χ2n) is 7.10. The molecular weight excluding hydrogens is 352 g/mol. The van der Waals surface area contributed by atoms with E-state index in [1.807, 2.05) is 44.7 Å². The maximum Gasteiger partial charge on any atom is 0.306 e. The third-order valence-electron chi connectivity index (χ3n) is 4.53. The summed E-state index contributed by atoms with van der Waals surface area (Å²) in [5.41, 5.74) is 1.62. The highest BCUT2D eigenvalue weighted by Gasteiger charge is 2.34. The van der Waals surface area contributed by atoms with Crippen LogP contribution in [0.4, 0.5) is 5.69 Å². The molecule has 26 heavy (non-hydrogen) atoms. The van der Waals surface area contributed by atoms with Crippen LogP contribution in [-0.4, -0.2) is 44.6 Å². The zero-order valence-corrected chi connectivity index (χ0v) is 17.2. The van der Waals surface area contributed by atoms with Gasteiger partial charge in [-0.1, -0.05) is 19.9 Å². The lowest BCUT2D eigenvalue weighted by molar-refractivity contribution is -0.135. The number of rotatable bonds is 9. The Morgan fingerprint density at radius 2 is 1.85 bits per heavy atom. The van der Waals surface area contributed by atoms with E-state index in [-0.39, 0.29) is 17.9 Å². The summed E-state index contributed by atoms with van der Waals surface area (Å²) in [6.45, 7) is 9.85. The van der Waals surface area contributed by atoms with Gasteiger partial charge in [0.05, 0.1) is 6.26 Å². The first-order valence-electron chi connectivity index (χ1n) is 9.24. The number of hydrogen-bond donors (Lipinski definition) is 0. The van der Waals surface area contributed by atoms with E-state index in [2.05, 4.69) is 4.90 Å². The number of carbonyl (C=O) groups is 1. The maximum atomic E-state index is 12.6. The summed E-state index contributed by atoms with van der Waals surface area (Å²) in [6, 6.07) is 5.84. The van der Waals surface area contributed by atoms with Crippen LogP contribution in [0.1, 0.15) is 46.1 Å². The summed E-state index contributed by atoms with van der Waals surface area (Å²) in [4.78, 5) is 16.5. The van der Waals surface area contributed by atoms with Crippen LogP contribution < -0.4 is 9.08 Å². The first-order chi connectivity index (χ1) is 12.2. The Kier molecular flexibility index (Phi) is 6.55. The molecule has 1 amide bonds. The second kappa shape index (κ2) is 8.29. The standard InChI is InChI=1S/C19H30N2O4S/c1-6-20(7-2)17-9-8-15(18(12-17)25-26(5,23)24)13-21(16-10-11-16)19(22)14(3)4/h8-9,12,14,16H,6-7,10-11,13H2,1-5H3. The molecule has 2 rings (SSSR count). The normalized spacial score (nSPS) is 14.4. The number of carbonyl (C=O) groups excluding carboxylic acids is 1. The number of hydrogen-bond acceptors (Lipinski definition) is 5. The molecule has 0 heterocycles. The van der Waals surface area contributed by atoms with Crippen molar-refractivity contribution in [3.05, 3.63) is 23.8 Å². The highest BCUT2D eigenvalue weighted by molar-refractivity contribution is 7.86. The molecule has 6 nitrogen and oxygen atoms in total. The quantitative estimate of drug-likeness (QED) is 0.614. The third-order valence-corrected chi connectivity index (χ3v) is 5.01. The second-order valence-corrected chi connectivity index (χ2v) is 8.68. The van der Waals surface area contributed by atoms with Gasteiger partial charge in [0.25, 0.3) is 0 Å². The van der Waals surface area contributed by atoms with Gasteiger partial charge in [-0.05, 0) is 32.8 Å². The molecular formula is C19H30N2O4S. The van der Waals surface area contributed by atoms with Gasteiger partial charge in [0.1, 0.15) is 5.75 Å². The molecule has 1 saturated carbocycles. The van der Waals surface area contributed by atoms with Gasteiger partial charge >= 0.3 is 10.1 Å². The Bertz CT molecular complexity index is 738. The van der Waals surface area contributed by atoms with E-state index in [1.54, 1.807) is 6.07 Å². The van der Waals surface area contributed by atoms with Crippen LogP contribution in [0.2, 0.25) is 0 Å². The minimum absolute atomic E-state index is 0.0885. The smallest absolute Gasteiger partial charge is 0.306 e. The molecule has 0 atom stereocenters. The van der Waals surface area contributed by atoms with Crippen LogP contribution in [-0.2, 0) is 21.5 Å². The van der Waals surface area contributed by atoms with Crippen molar-refractivity contribution >= 4 is 21.7 Å². The fraction of sp³-hybridized carbons (Fsp3) is 0.632. The van der Waals surface area contributed by atoms with Crippen LogP contribution in [0, 0.1) is 5.92 Å². The fourth-order valence-corrected chi connectivity index (χ4v) is 3.47. The minimum Gasteiger partial charge on any atom is -0.382 e. The van der Waals surface area contributed by atoms with E-state index >= 15 is 0 Å². The fourth-order valence-electron chi connectivity index (χ4n) is 2.99. The zero-order chi connectivity index (χ0) is 19.5. The van der Waals surface area contributed by atoms with E-state index in [0.29, 0.717) is 17.9 Å². The molecule has 1 aromatic carbocycles. The van der Waals surface area contributed by atoms with Gasteiger partial charge in [0, 0.05) is 48.9 Å². The summed E-state index contributed by atoms with van der Waals surface area (Å²) in [7, 11) is -3.65. The van der Waals surface area contributed by atoms with Crippen molar-refractivity contribution in [2.75, 3.05) is 24.2 Å². The molecule has 1 fully saturated rings. The van der Waals surface area contributed by atoms with Gasteiger partial charge in [-0.3, -0.25) is 4.79 Å². The highest BCUT2D eigenvalue weighted by atomic mass is 32.2. The van der Waals surface area contributed by atoms with Crippen molar-refractivity contribution in [1.82, 2.24) is 4.90 Å². The third kappa shape index (κ3) is 5.37. The van der Waals surface area contributed by atoms with Crippen LogP contribution in [0.25, 0.3) is 0 Å². The van der Waals surface area contributed by atoms with E-state index in [4.69, 9.17) is 4.18 Å². The summed E-state index contributed by atoms with van der Waals surface area (Å²) < 4.78 is 28.7. The van der Waals surface area contributed by atoms with E-state index in [0.717, 1.165) is 37.9 Å². The summed E-state index contributed by atoms with van der Waals surface area (Å²) in [5.74, 6) is 0.301. The Morgan fingerprint density at radius 1 is 1.23 bits per heavy atom. The molecule has 0 N–H and O–H groups in total. The molecule has 7 heteroatoms. The SMILES string of the molecule is CCN(CC)c1ccc(CN(C(=O)C(C)C)C2CC2)c(OS(C)(=O)=O)c1. The predicted molar refractivity (Wildman–Crippen MR) is 104 cm³/mol. The molecule has 0 spiro atoms. The molecule has 1 aromatic rings. The highest BCUT2D eigenvalue weighted by Crippen LogP contribution is 2.33. The molecule has 0 saturated heterocycles. The maximum absolute atomic E-state index is 12.6. The summed E-state index contributed by atoms with van der Waals surface area (Å²) in [6.07, 6.45) is 3.04.